The molecule has 0 saturated carbocycles. The van der Waals surface area contributed by atoms with Gasteiger partial charge in [-0.15, -0.1) is 0 Å². The number of nitrogens with one attached hydrogen (secondary N) is 3. The molecule has 6 heteroatoms. The van der Waals surface area contributed by atoms with E-state index in [0.717, 1.165) is 38.0 Å². The minimum Gasteiger partial charge on any atom is -0.356 e. The van der Waals surface area contributed by atoms with Gasteiger partial charge >= 0.3 is 6.03 Å². The summed E-state index contributed by atoms with van der Waals surface area (Å²) in [4.78, 5) is 23.3. The number of rotatable bonds is 16. The number of hydrogen-bond acceptors (Lipinski definition) is 3. The molecule has 0 aromatic carbocycles. The summed E-state index contributed by atoms with van der Waals surface area (Å²) in [6.45, 7) is 3.09. The van der Waals surface area contributed by atoms with E-state index in [1.165, 1.54) is 57.8 Å². The van der Waals surface area contributed by atoms with Crippen LogP contribution in [-0.2, 0) is 4.79 Å². The van der Waals surface area contributed by atoms with Crippen LogP contribution in [0.2, 0.25) is 0 Å². The van der Waals surface area contributed by atoms with Gasteiger partial charge in [-0.1, -0.05) is 71.1 Å². The molecule has 0 spiro atoms. The molecule has 2 heterocycles. The Morgan fingerprint density at radius 1 is 0.964 bits per heavy atom. The quantitative estimate of drug-likeness (QED) is 0.253. The molecule has 0 bridgehead atoms. The molecule has 2 fully saturated rings. The molecule has 0 aliphatic carbocycles. The van der Waals surface area contributed by atoms with Gasteiger partial charge in [-0.2, -0.15) is 11.8 Å². The van der Waals surface area contributed by atoms with Gasteiger partial charge in [0.05, 0.1) is 12.1 Å². The zero-order valence-electron chi connectivity index (χ0n) is 17.8. The zero-order valence-corrected chi connectivity index (χ0v) is 18.6. The first kappa shape index (κ1) is 23.4. The van der Waals surface area contributed by atoms with Gasteiger partial charge < -0.3 is 16.0 Å². The second kappa shape index (κ2) is 14.1. The van der Waals surface area contributed by atoms with Crippen LogP contribution in [0.1, 0.15) is 96.8 Å². The average molecular weight is 412 g/mol. The third-order valence-electron chi connectivity index (χ3n) is 5.93. The van der Waals surface area contributed by atoms with Crippen molar-refractivity contribution >= 4 is 23.7 Å². The van der Waals surface area contributed by atoms with Crippen molar-refractivity contribution < 1.29 is 9.59 Å². The summed E-state index contributed by atoms with van der Waals surface area (Å²) in [5, 5.41) is 9.57. The summed E-state index contributed by atoms with van der Waals surface area (Å²) in [7, 11) is 0. The monoisotopic (exact) mass is 411 g/mol. The molecule has 2 aliphatic heterocycles. The molecule has 3 amide bonds. The van der Waals surface area contributed by atoms with E-state index in [2.05, 4.69) is 22.9 Å². The summed E-state index contributed by atoms with van der Waals surface area (Å²) < 4.78 is 0. The summed E-state index contributed by atoms with van der Waals surface area (Å²) in [5.41, 5.74) is 0. The van der Waals surface area contributed by atoms with Crippen molar-refractivity contribution in [2.24, 2.45) is 0 Å². The van der Waals surface area contributed by atoms with Crippen molar-refractivity contribution in [2.45, 2.75) is 114 Å². The number of thioether (sulfide) groups is 1. The smallest absolute Gasteiger partial charge is 0.315 e. The van der Waals surface area contributed by atoms with Crippen LogP contribution in [0.4, 0.5) is 4.79 Å². The number of hydrogen-bond donors (Lipinski definition) is 3. The molecule has 162 valence electrons. The molecule has 2 aliphatic rings. The van der Waals surface area contributed by atoms with Crippen LogP contribution in [-0.4, -0.2) is 41.6 Å². The largest absolute Gasteiger partial charge is 0.356 e. The van der Waals surface area contributed by atoms with E-state index < -0.39 is 0 Å². The summed E-state index contributed by atoms with van der Waals surface area (Å²) in [5.74, 6) is 1.21. The molecule has 3 atom stereocenters. The van der Waals surface area contributed by atoms with Crippen molar-refractivity contribution in [3.05, 3.63) is 0 Å². The highest BCUT2D eigenvalue weighted by Crippen LogP contribution is 2.33. The van der Waals surface area contributed by atoms with E-state index >= 15 is 0 Å². The Kier molecular flexibility index (Phi) is 11.8. The summed E-state index contributed by atoms with van der Waals surface area (Å²) in [6, 6.07) is 0.557. The Balaban J connectivity index is 1.34. The van der Waals surface area contributed by atoms with E-state index in [4.69, 9.17) is 0 Å². The van der Waals surface area contributed by atoms with Crippen LogP contribution < -0.4 is 16.0 Å². The highest BCUT2D eigenvalue weighted by molar-refractivity contribution is 8.00. The predicted octanol–water partition coefficient (Wildman–Crippen LogP) is 4.75. The van der Waals surface area contributed by atoms with Gasteiger partial charge in [0.15, 0.2) is 0 Å². The van der Waals surface area contributed by atoms with Crippen molar-refractivity contribution in [3.63, 3.8) is 0 Å². The summed E-state index contributed by atoms with van der Waals surface area (Å²) >= 11 is 1.95. The maximum Gasteiger partial charge on any atom is 0.315 e. The van der Waals surface area contributed by atoms with Crippen LogP contribution >= 0.6 is 11.8 Å². The van der Waals surface area contributed by atoms with Crippen LogP contribution in [0.5, 0.6) is 0 Å². The minimum absolute atomic E-state index is 0.0216. The highest BCUT2D eigenvalue weighted by atomic mass is 32.2. The third kappa shape index (κ3) is 9.06. The molecular formula is C22H41N3O2S. The van der Waals surface area contributed by atoms with E-state index in [1.54, 1.807) is 0 Å². The van der Waals surface area contributed by atoms with Crippen molar-refractivity contribution in [2.75, 3.05) is 12.3 Å². The van der Waals surface area contributed by atoms with E-state index in [1.807, 2.05) is 11.8 Å². The molecule has 0 aromatic heterocycles. The molecular weight excluding hydrogens is 370 g/mol. The zero-order chi connectivity index (χ0) is 20.0. The first-order chi connectivity index (χ1) is 13.7. The fourth-order valence-corrected chi connectivity index (χ4v) is 5.75. The molecule has 2 rings (SSSR count). The Morgan fingerprint density at radius 3 is 2.36 bits per heavy atom. The number of fused-ring (bicyclic) bond motifs is 1. The van der Waals surface area contributed by atoms with Gasteiger partial charge in [0.2, 0.25) is 5.91 Å². The lowest BCUT2D eigenvalue weighted by Gasteiger charge is -2.16. The topological polar surface area (TPSA) is 70.2 Å². The summed E-state index contributed by atoms with van der Waals surface area (Å²) in [6.07, 6.45) is 17.0. The minimum atomic E-state index is -0.0216. The standard InChI is InChI=1S/C22H41N3O2S/c1-2-3-4-5-6-7-8-9-10-13-16-23-20(26)15-12-11-14-19-21-18(17-28-19)24-22(27)25-21/h18-19,21H,2-17H2,1H3,(H,23,26)(H2,24,25,27)/t18-,19-,21-/m0/s1. The van der Waals surface area contributed by atoms with E-state index in [-0.39, 0.29) is 18.0 Å². The number of urea groups is 1. The van der Waals surface area contributed by atoms with Crippen molar-refractivity contribution in [1.82, 2.24) is 16.0 Å². The first-order valence-electron chi connectivity index (χ1n) is 11.7. The van der Waals surface area contributed by atoms with Crippen LogP contribution in [0.3, 0.4) is 0 Å². The molecule has 0 unspecified atom stereocenters. The number of amides is 3. The second-order valence-electron chi connectivity index (χ2n) is 8.40. The lowest BCUT2D eigenvalue weighted by molar-refractivity contribution is -0.121. The van der Waals surface area contributed by atoms with Crippen molar-refractivity contribution in [1.29, 1.82) is 0 Å². The lowest BCUT2D eigenvalue weighted by Crippen LogP contribution is -2.36. The fraction of sp³-hybridized carbons (Fsp3) is 0.909. The predicted molar refractivity (Wildman–Crippen MR) is 119 cm³/mol. The Hall–Kier alpha value is -0.910. The Labute approximate surface area is 175 Å². The lowest BCUT2D eigenvalue weighted by atomic mass is 10.0. The fourth-order valence-electron chi connectivity index (χ4n) is 4.20. The maximum atomic E-state index is 11.9. The van der Waals surface area contributed by atoms with Crippen LogP contribution in [0.25, 0.3) is 0 Å². The maximum absolute atomic E-state index is 11.9. The average Bonchev–Trinajstić information content (AvgIpc) is 3.22. The van der Waals surface area contributed by atoms with Gasteiger partial charge in [-0.25, -0.2) is 4.79 Å². The number of carbonyl (C=O) groups is 2. The normalized spacial score (nSPS) is 23.3. The highest BCUT2D eigenvalue weighted by Gasteiger charge is 2.42. The first-order valence-corrected chi connectivity index (χ1v) is 12.7. The van der Waals surface area contributed by atoms with Gasteiger partial charge in [0, 0.05) is 24.0 Å². The Morgan fingerprint density at radius 2 is 1.64 bits per heavy atom. The van der Waals surface area contributed by atoms with Crippen molar-refractivity contribution in [3.8, 4) is 0 Å². The molecule has 0 radical (unpaired) electrons. The van der Waals surface area contributed by atoms with Gasteiger partial charge in [0.25, 0.3) is 0 Å². The molecule has 5 nitrogen and oxygen atoms in total. The molecule has 28 heavy (non-hydrogen) atoms. The molecule has 3 N–H and O–H groups in total. The second-order valence-corrected chi connectivity index (χ2v) is 9.67. The van der Waals surface area contributed by atoms with Gasteiger partial charge in [-0.3, -0.25) is 4.79 Å². The van der Waals surface area contributed by atoms with E-state index in [0.29, 0.717) is 17.7 Å². The van der Waals surface area contributed by atoms with Crippen LogP contribution in [0.15, 0.2) is 0 Å². The third-order valence-corrected chi connectivity index (χ3v) is 7.44. The molecule has 2 saturated heterocycles. The Bertz CT molecular complexity index is 461. The SMILES string of the molecule is CCCCCCCCCCCCNC(=O)CCCC[C@@H]1SC[C@@H]2NC(=O)N[C@@H]21. The van der Waals surface area contributed by atoms with E-state index in [9.17, 15) is 9.59 Å². The van der Waals surface area contributed by atoms with Gasteiger partial charge in [-0.05, 0) is 19.3 Å². The molecule has 0 aromatic rings. The number of unbranched alkanes of at least 4 members (excludes halogenated alkanes) is 10. The number of carbonyl (C=O) groups excluding carboxylic acids is 2. The van der Waals surface area contributed by atoms with Gasteiger partial charge in [0.1, 0.15) is 0 Å². The van der Waals surface area contributed by atoms with Crippen LogP contribution in [0, 0.1) is 0 Å².